The van der Waals surface area contributed by atoms with E-state index in [1.807, 2.05) is 6.07 Å². The Morgan fingerprint density at radius 1 is 0.913 bits per heavy atom. The number of rotatable bonds is 9. The average Bonchev–Trinajstić information content (AvgIpc) is 2.60. The Kier molecular flexibility index (Phi) is 7.61. The summed E-state index contributed by atoms with van der Waals surface area (Å²) < 4.78 is 49.4. The molecule has 0 heterocycles. The van der Waals surface area contributed by atoms with Crippen molar-refractivity contribution in [3.8, 4) is 0 Å². The first-order valence-electron chi connectivity index (χ1n) is 6.49. The van der Waals surface area contributed by atoms with Gasteiger partial charge in [-0.2, -0.15) is 0 Å². The van der Waals surface area contributed by atoms with E-state index in [9.17, 15) is 13.9 Å². The zero-order chi connectivity index (χ0) is 17.5. The van der Waals surface area contributed by atoms with Crippen molar-refractivity contribution in [3.63, 3.8) is 0 Å². The van der Waals surface area contributed by atoms with Crippen LogP contribution in [0.25, 0.3) is 0 Å². The molecule has 1 rings (SSSR count). The lowest BCUT2D eigenvalue weighted by Crippen LogP contribution is -2.26. The molecule has 23 heavy (non-hydrogen) atoms. The first-order valence-corrected chi connectivity index (χ1v) is 9.72. The minimum absolute atomic E-state index is 0.100. The molecule has 0 unspecified atom stereocenters. The van der Waals surface area contributed by atoms with Crippen LogP contribution < -0.4 is 0 Å². The fourth-order valence-corrected chi connectivity index (χ4v) is 6.06. The maximum absolute atomic E-state index is 12.6. The molecular weight excluding hydrogens is 346 g/mol. The van der Waals surface area contributed by atoms with Crippen molar-refractivity contribution < 1.29 is 36.8 Å². The second-order valence-corrected chi connectivity index (χ2v) is 9.34. The lowest BCUT2D eigenvalue weighted by molar-refractivity contribution is -0.143. The van der Waals surface area contributed by atoms with E-state index in [0.717, 1.165) is 28.4 Å². The fraction of sp³-hybridized carbons (Fsp3) is 0.462. The number of hydrogen-bond acceptors (Lipinski definition) is 8. The van der Waals surface area contributed by atoms with E-state index in [-0.39, 0.29) is 6.61 Å². The molecule has 0 bridgehead atoms. The SMILES string of the molecule is COP(=O)(OC)C(C(=O)OCc1ccccc1)P(=O)(OC)OC. The predicted molar refractivity (Wildman–Crippen MR) is 83.3 cm³/mol. The smallest absolute Gasteiger partial charge is 0.356 e. The molecule has 0 aromatic heterocycles. The second-order valence-electron chi connectivity index (χ2n) is 4.28. The Labute approximate surface area is 135 Å². The summed E-state index contributed by atoms with van der Waals surface area (Å²) in [5.74, 6) is -1.06. The summed E-state index contributed by atoms with van der Waals surface area (Å²) in [5, 5.41) is -1.84. The van der Waals surface area contributed by atoms with Crippen molar-refractivity contribution in [2.45, 2.75) is 12.0 Å². The third kappa shape index (κ3) is 4.73. The molecule has 0 amide bonds. The Balaban J connectivity index is 3.07. The van der Waals surface area contributed by atoms with Crippen LogP contribution in [-0.2, 0) is 43.4 Å². The zero-order valence-electron chi connectivity index (χ0n) is 13.3. The van der Waals surface area contributed by atoms with Crippen molar-refractivity contribution in [2.75, 3.05) is 28.4 Å². The van der Waals surface area contributed by atoms with Gasteiger partial charge in [-0.05, 0) is 5.56 Å². The van der Waals surface area contributed by atoms with E-state index in [2.05, 4.69) is 0 Å². The molecular formula is C13H20O8P2. The summed E-state index contributed by atoms with van der Waals surface area (Å²) in [5.41, 5.74) is 0.703. The number of benzene rings is 1. The highest BCUT2D eigenvalue weighted by molar-refractivity contribution is 7.74. The highest BCUT2D eigenvalue weighted by atomic mass is 31.2. The quantitative estimate of drug-likeness (QED) is 0.486. The van der Waals surface area contributed by atoms with Gasteiger partial charge in [0.05, 0.1) is 0 Å². The number of esters is 1. The molecule has 10 heteroatoms. The number of hydrogen-bond donors (Lipinski definition) is 0. The molecule has 0 aliphatic rings. The third-order valence-electron chi connectivity index (χ3n) is 3.05. The molecule has 0 aliphatic carbocycles. The van der Waals surface area contributed by atoms with Crippen LogP contribution in [-0.4, -0.2) is 39.8 Å². The van der Waals surface area contributed by atoms with E-state index >= 15 is 0 Å². The minimum atomic E-state index is -4.11. The van der Waals surface area contributed by atoms with Crippen LogP contribution >= 0.6 is 15.2 Å². The van der Waals surface area contributed by atoms with Gasteiger partial charge in [-0.25, -0.2) is 0 Å². The van der Waals surface area contributed by atoms with Crippen LogP contribution in [0.15, 0.2) is 30.3 Å². The van der Waals surface area contributed by atoms with Gasteiger partial charge in [-0.15, -0.1) is 0 Å². The normalized spacial score (nSPS) is 12.4. The summed E-state index contributed by atoms with van der Waals surface area (Å²) >= 11 is 0. The van der Waals surface area contributed by atoms with Crippen molar-refractivity contribution >= 4 is 21.2 Å². The van der Waals surface area contributed by atoms with Gasteiger partial charge in [0, 0.05) is 28.4 Å². The number of ether oxygens (including phenoxy) is 1. The van der Waals surface area contributed by atoms with E-state index in [1.165, 1.54) is 0 Å². The van der Waals surface area contributed by atoms with Gasteiger partial charge in [0.1, 0.15) is 6.61 Å². The van der Waals surface area contributed by atoms with Crippen LogP contribution in [0.2, 0.25) is 0 Å². The van der Waals surface area contributed by atoms with Crippen LogP contribution in [0.3, 0.4) is 0 Å². The number of carbonyl (C=O) groups excluding carboxylic acids is 1. The topological polar surface area (TPSA) is 97.4 Å². The van der Waals surface area contributed by atoms with E-state index < -0.39 is 26.6 Å². The molecule has 0 fully saturated rings. The highest BCUT2D eigenvalue weighted by Gasteiger charge is 2.55. The molecule has 8 nitrogen and oxygen atoms in total. The van der Waals surface area contributed by atoms with E-state index in [1.54, 1.807) is 24.3 Å². The van der Waals surface area contributed by atoms with Gasteiger partial charge in [0.15, 0.2) is 0 Å². The Morgan fingerprint density at radius 3 is 1.74 bits per heavy atom. The molecule has 0 atom stereocenters. The lowest BCUT2D eigenvalue weighted by Gasteiger charge is -2.27. The van der Waals surface area contributed by atoms with Gasteiger partial charge in [0.25, 0.3) is 5.40 Å². The largest absolute Gasteiger partial charge is 0.460 e. The van der Waals surface area contributed by atoms with Crippen molar-refractivity contribution in [2.24, 2.45) is 0 Å². The Bertz CT molecular complexity index is 561. The summed E-state index contributed by atoms with van der Waals surface area (Å²) in [6, 6.07) is 8.82. The van der Waals surface area contributed by atoms with Gasteiger partial charge in [-0.1, -0.05) is 30.3 Å². The van der Waals surface area contributed by atoms with Crippen LogP contribution in [0.4, 0.5) is 0 Å². The maximum atomic E-state index is 12.6. The van der Waals surface area contributed by atoms with Crippen molar-refractivity contribution in [3.05, 3.63) is 35.9 Å². The highest BCUT2D eigenvalue weighted by Crippen LogP contribution is 2.69. The van der Waals surface area contributed by atoms with Gasteiger partial charge in [-0.3, -0.25) is 13.9 Å². The average molecular weight is 366 g/mol. The molecule has 0 radical (unpaired) electrons. The van der Waals surface area contributed by atoms with Crippen LogP contribution in [0.1, 0.15) is 5.56 Å². The summed E-state index contributed by atoms with van der Waals surface area (Å²) in [4.78, 5) is 12.4. The molecule has 0 spiro atoms. The van der Waals surface area contributed by atoms with Gasteiger partial charge >= 0.3 is 21.2 Å². The van der Waals surface area contributed by atoms with Gasteiger partial charge in [0.2, 0.25) is 0 Å². The van der Waals surface area contributed by atoms with Crippen molar-refractivity contribution in [1.82, 2.24) is 0 Å². The lowest BCUT2D eigenvalue weighted by atomic mass is 10.2. The molecule has 0 N–H and O–H groups in total. The van der Waals surface area contributed by atoms with Gasteiger partial charge < -0.3 is 22.8 Å². The molecule has 130 valence electrons. The number of carbonyl (C=O) groups is 1. The monoisotopic (exact) mass is 366 g/mol. The van der Waals surface area contributed by atoms with E-state index in [0.29, 0.717) is 5.56 Å². The zero-order valence-corrected chi connectivity index (χ0v) is 15.1. The summed E-state index contributed by atoms with van der Waals surface area (Å²) in [7, 11) is -3.95. The first-order chi connectivity index (χ1) is 10.9. The fourth-order valence-electron chi connectivity index (χ4n) is 1.78. The molecule has 0 saturated heterocycles. The predicted octanol–water partition coefficient (Wildman–Crippen LogP) is 3.03. The Morgan fingerprint density at radius 2 is 1.35 bits per heavy atom. The molecule has 1 aromatic carbocycles. The summed E-state index contributed by atoms with van der Waals surface area (Å²) in [6.45, 7) is -0.100. The molecule has 0 aliphatic heterocycles. The van der Waals surface area contributed by atoms with Crippen LogP contribution in [0, 0.1) is 0 Å². The first kappa shape index (κ1) is 20.0. The second kappa shape index (κ2) is 8.73. The molecule has 0 saturated carbocycles. The minimum Gasteiger partial charge on any atom is -0.460 e. The molecule has 1 aromatic rings. The Hall–Kier alpha value is -1.01. The summed E-state index contributed by atoms with van der Waals surface area (Å²) in [6.07, 6.45) is 0. The van der Waals surface area contributed by atoms with Crippen molar-refractivity contribution in [1.29, 1.82) is 0 Å². The van der Waals surface area contributed by atoms with E-state index in [4.69, 9.17) is 22.8 Å². The third-order valence-corrected chi connectivity index (χ3v) is 8.40. The maximum Gasteiger partial charge on any atom is 0.356 e. The standard InChI is InChI=1S/C13H20O8P2/c1-17-22(15,18-2)13(23(16,19-3)20-4)12(14)21-10-11-8-6-5-7-9-11/h5-9,13H,10H2,1-4H3. The van der Waals surface area contributed by atoms with Crippen LogP contribution in [0.5, 0.6) is 0 Å².